The Bertz CT molecular complexity index is 1450. The molecular formula is C30H33N5O5. The van der Waals surface area contributed by atoms with E-state index >= 15 is 0 Å². The van der Waals surface area contributed by atoms with Crippen LogP contribution in [0.5, 0.6) is 11.5 Å². The summed E-state index contributed by atoms with van der Waals surface area (Å²) in [5.41, 5.74) is 2.88. The number of ether oxygens (including phenoxy) is 3. The van der Waals surface area contributed by atoms with E-state index in [9.17, 15) is 9.59 Å². The summed E-state index contributed by atoms with van der Waals surface area (Å²) in [5, 5.41) is 11.4. The molecule has 208 valence electrons. The maximum Gasteiger partial charge on any atom is 0.247 e. The Labute approximate surface area is 232 Å². The summed E-state index contributed by atoms with van der Waals surface area (Å²) < 4.78 is 18.6. The second kappa shape index (κ2) is 12.6. The van der Waals surface area contributed by atoms with E-state index in [1.807, 2.05) is 54.6 Å². The molecule has 10 heteroatoms. The van der Waals surface area contributed by atoms with Crippen molar-refractivity contribution in [2.75, 3.05) is 27.4 Å². The van der Waals surface area contributed by atoms with Crippen molar-refractivity contribution in [1.82, 2.24) is 25.2 Å². The summed E-state index contributed by atoms with van der Waals surface area (Å²) in [4.78, 5) is 29.7. The highest BCUT2D eigenvalue weighted by Gasteiger charge is 2.36. The standard InChI is InChI=1S/C30H33N5O5/c1-38-22-14-15-27(39-2)24(17-22)29(30(37)31-18-21-9-4-3-5-10-21)34(19-23-11-8-16-40-23)28(36)20-35-26-13-7-6-12-25(26)32-33-35/h3-7,9-10,12-15,17,23,29H,8,11,16,18-20H2,1-2H3,(H,31,37)/t23-,29+/m1/s1. The molecule has 1 fully saturated rings. The first-order valence-corrected chi connectivity index (χ1v) is 13.3. The van der Waals surface area contributed by atoms with Crippen LogP contribution in [-0.4, -0.2) is 65.2 Å². The third-order valence-corrected chi connectivity index (χ3v) is 7.05. The fraction of sp³-hybridized carbons (Fsp3) is 0.333. The van der Waals surface area contributed by atoms with Crippen LogP contribution in [-0.2, 0) is 27.4 Å². The number of hydrogen-bond acceptors (Lipinski definition) is 7. The van der Waals surface area contributed by atoms with Crippen LogP contribution in [0.3, 0.4) is 0 Å². The summed E-state index contributed by atoms with van der Waals surface area (Å²) >= 11 is 0. The Balaban J connectivity index is 1.53. The number of fused-ring (bicyclic) bond motifs is 1. The van der Waals surface area contributed by atoms with E-state index < -0.39 is 6.04 Å². The molecule has 40 heavy (non-hydrogen) atoms. The quantitative estimate of drug-likeness (QED) is 0.308. The van der Waals surface area contributed by atoms with Gasteiger partial charge in [0, 0.05) is 25.3 Å². The van der Waals surface area contributed by atoms with Gasteiger partial charge in [-0.15, -0.1) is 5.10 Å². The summed E-state index contributed by atoms with van der Waals surface area (Å²) in [6, 6.07) is 21.3. The van der Waals surface area contributed by atoms with Crippen LogP contribution in [0.2, 0.25) is 0 Å². The van der Waals surface area contributed by atoms with Gasteiger partial charge in [-0.2, -0.15) is 0 Å². The Hall–Kier alpha value is -4.44. The molecule has 2 heterocycles. The molecule has 0 spiro atoms. The molecule has 1 N–H and O–H groups in total. The van der Waals surface area contributed by atoms with Crippen LogP contribution in [0.25, 0.3) is 11.0 Å². The number of methoxy groups -OCH3 is 2. The lowest BCUT2D eigenvalue weighted by Crippen LogP contribution is -2.47. The van der Waals surface area contributed by atoms with E-state index in [2.05, 4.69) is 15.6 Å². The number of nitrogens with one attached hydrogen (secondary N) is 1. The molecule has 4 aromatic rings. The van der Waals surface area contributed by atoms with Gasteiger partial charge in [-0.25, -0.2) is 4.68 Å². The molecule has 10 nitrogen and oxygen atoms in total. The summed E-state index contributed by atoms with van der Waals surface area (Å²) in [6.07, 6.45) is 1.50. The van der Waals surface area contributed by atoms with Crippen molar-refractivity contribution >= 4 is 22.8 Å². The number of nitrogens with zero attached hydrogens (tertiary/aromatic N) is 4. The van der Waals surface area contributed by atoms with Gasteiger partial charge >= 0.3 is 0 Å². The number of carbonyl (C=O) groups is 2. The number of hydrogen-bond donors (Lipinski definition) is 1. The molecule has 0 bridgehead atoms. The van der Waals surface area contributed by atoms with Crippen molar-refractivity contribution in [2.24, 2.45) is 0 Å². The maximum absolute atomic E-state index is 14.1. The molecule has 0 unspecified atom stereocenters. The Morgan fingerprint density at radius 3 is 2.62 bits per heavy atom. The van der Waals surface area contributed by atoms with Crippen molar-refractivity contribution in [3.63, 3.8) is 0 Å². The van der Waals surface area contributed by atoms with Gasteiger partial charge in [-0.05, 0) is 48.7 Å². The SMILES string of the molecule is COc1ccc(OC)c([C@@H](C(=O)NCc2ccccc2)N(C[C@H]2CCCO2)C(=O)Cn2nnc3ccccc32)c1. The fourth-order valence-corrected chi connectivity index (χ4v) is 5.00. The van der Waals surface area contributed by atoms with E-state index in [0.717, 1.165) is 23.9 Å². The minimum atomic E-state index is -1.01. The van der Waals surface area contributed by atoms with Crippen LogP contribution in [0.1, 0.15) is 30.0 Å². The van der Waals surface area contributed by atoms with Crippen LogP contribution < -0.4 is 14.8 Å². The second-order valence-electron chi connectivity index (χ2n) is 9.63. The van der Waals surface area contributed by atoms with Crippen molar-refractivity contribution in [1.29, 1.82) is 0 Å². The number of amides is 2. The molecule has 3 aromatic carbocycles. The van der Waals surface area contributed by atoms with Gasteiger partial charge in [-0.3, -0.25) is 9.59 Å². The first kappa shape index (κ1) is 27.1. The molecule has 2 atom stereocenters. The van der Waals surface area contributed by atoms with E-state index in [-0.39, 0.29) is 31.0 Å². The normalized spacial score (nSPS) is 15.5. The number of benzene rings is 3. The third-order valence-electron chi connectivity index (χ3n) is 7.05. The topological polar surface area (TPSA) is 108 Å². The molecule has 5 rings (SSSR count). The van der Waals surface area contributed by atoms with E-state index in [0.29, 0.717) is 35.7 Å². The lowest BCUT2D eigenvalue weighted by Gasteiger charge is -2.34. The molecule has 2 amide bonds. The monoisotopic (exact) mass is 543 g/mol. The molecule has 0 aliphatic carbocycles. The highest BCUT2D eigenvalue weighted by Crippen LogP contribution is 2.34. The van der Waals surface area contributed by atoms with E-state index in [1.165, 1.54) is 7.11 Å². The molecule has 1 saturated heterocycles. The zero-order chi connectivity index (χ0) is 27.9. The van der Waals surface area contributed by atoms with Crippen LogP contribution in [0.15, 0.2) is 72.8 Å². The molecule has 0 radical (unpaired) electrons. The highest BCUT2D eigenvalue weighted by atomic mass is 16.5. The van der Waals surface area contributed by atoms with Gasteiger partial charge in [0.25, 0.3) is 0 Å². The van der Waals surface area contributed by atoms with Crippen molar-refractivity contribution in [3.05, 3.63) is 83.9 Å². The van der Waals surface area contributed by atoms with Crippen molar-refractivity contribution < 1.29 is 23.8 Å². The minimum Gasteiger partial charge on any atom is -0.497 e. The van der Waals surface area contributed by atoms with Gasteiger partial charge in [0.15, 0.2) is 0 Å². The van der Waals surface area contributed by atoms with Gasteiger partial charge in [-0.1, -0.05) is 47.7 Å². The first-order chi connectivity index (χ1) is 19.6. The average molecular weight is 544 g/mol. The number of aromatic nitrogens is 3. The largest absolute Gasteiger partial charge is 0.497 e. The number of carbonyl (C=O) groups excluding carboxylic acids is 2. The van der Waals surface area contributed by atoms with Gasteiger partial charge in [0.1, 0.15) is 29.6 Å². The van der Waals surface area contributed by atoms with E-state index in [1.54, 1.807) is 34.9 Å². The minimum absolute atomic E-state index is 0.0953. The van der Waals surface area contributed by atoms with Crippen LogP contribution >= 0.6 is 0 Å². The third kappa shape index (κ3) is 6.07. The zero-order valence-corrected chi connectivity index (χ0v) is 22.7. The van der Waals surface area contributed by atoms with Gasteiger partial charge in [0.05, 0.1) is 25.8 Å². The lowest BCUT2D eigenvalue weighted by atomic mass is 10.0. The molecule has 1 aliphatic heterocycles. The summed E-state index contributed by atoms with van der Waals surface area (Å²) in [5.74, 6) is 0.376. The highest BCUT2D eigenvalue weighted by molar-refractivity contribution is 5.90. The van der Waals surface area contributed by atoms with Crippen LogP contribution in [0.4, 0.5) is 0 Å². The Morgan fingerprint density at radius 2 is 1.88 bits per heavy atom. The predicted octanol–water partition coefficient (Wildman–Crippen LogP) is 3.51. The number of para-hydroxylation sites is 1. The van der Waals surface area contributed by atoms with Crippen molar-refractivity contribution in [3.8, 4) is 11.5 Å². The average Bonchev–Trinajstić information content (AvgIpc) is 3.66. The summed E-state index contributed by atoms with van der Waals surface area (Å²) in [7, 11) is 3.10. The summed E-state index contributed by atoms with van der Waals surface area (Å²) in [6.45, 7) is 1.06. The van der Waals surface area contributed by atoms with Gasteiger partial charge in [0.2, 0.25) is 11.8 Å². The maximum atomic E-state index is 14.1. The molecule has 1 aliphatic rings. The van der Waals surface area contributed by atoms with E-state index in [4.69, 9.17) is 14.2 Å². The molecule has 1 aromatic heterocycles. The Kier molecular flexibility index (Phi) is 8.56. The molecule has 0 saturated carbocycles. The van der Waals surface area contributed by atoms with Gasteiger partial charge < -0.3 is 24.4 Å². The smallest absolute Gasteiger partial charge is 0.247 e. The second-order valence-corrected chi connectivity index (χ2v) is 9.63. The lowest BCUT2D eigenvalue weighted by molar-refractivity contribution is -0.143. The Morgan fingerprint density at radius 1 is 1.07 bits per heavy atom. The number of rotatable bonds is 11. The zero-order valence-electron chi connectivity index (χ0n) is 22.7. The predicted molar refractivity (Wildman–Crippen MR) is 149 cm³/mol. The van der Waals surface area contributed by atoms with Crippen LogP contribution in [0, 0.1) is 0 Å². The fourth-order valence-electron chi connectivity index (χ4n) is 5.00. The van der Waals surface area contributed by atoms with Crippen molar-refractivity contribution in [2.45, 2.75) is 38.1 Å². The molecular weight excluding hydrogens is 510 g/mol. The first-order valence-electron chi connectivity index (χ1n) is 13.3.